The van der Waals surface area contributed by atoms with Crippen molar-refractivity contribution in [3.63, 3.8) is 0 Å². The number of carbonyl (C=O) groups excluding carboxylic acids is 2. The maximum atomic E-state index is 12.6. The molecule has 57 heavy (non-hydrogen) atoms. The summed E-state index contributed by atoms with van der Waals surface area (Å²) in [6.07, 6.45) is 36.8. The number of phosphoric ester groups is 1. The van der Waals surface area contributed by atoms with Gasteiger partial charge in [-0.15, -0.1) is 0 Å². The second-order valence-electron chi connectivity index (χ2n) is 15.4. The van der Waals surface area contributed by atoms with Crippen molar-refractivity contribution in [3.8, 4) is 0 Å². The standard InChI is InChI=1S/C45H81O11P/c1-4-5-6-7-8-9-10-12-16-19-22-25-28-32-41(47)33-30-35-44(49)53-38-43(39-55-57(51,52)54-37-42(48)36-46)56-45(50)34-29-26-23-20-17-14-11-13-15-18-21-24-27-31-40(2)3/h8-9,12,16,22,25,28,32,40-43,46-48H,4-7,10-11,13-15,17-21,23-24,26-27,29-31,33-39H2,1-3H3,(H,51,52)/b9-8-,16-12-,25-22-,32-28+/t41-,42+,43-/m1/s1. The van der Waals surface area contributed by atoms with Crippen molar-refractivity contribution in [1.82, 2.24) is 0 Å². The monoisotopic (exact) mass is 829 g/mol. The van der Waals surface area contributed by atoms with E-state index in [1.165, 1.54) is 83.5 Å². The van der Waals surface area contributed by atoms with E-state index in [-0.39, 0.29) is 12.8 Å². The Kier molecular flexibility index (Phi) is 37.9. The first-order valence-corrected chi connectivity index (χ1v) is 23.6. The summed E-state index contributed by atoms with van der Waals surface area (Å²) in [7, 11) is -4.66. The number of allylic oxidation sites excluding steroid dienone is 7. The van der Waals surface area contributed by atoms with E-state index >= 15 is 0 Å². The van der Waals surface area contributed by atoms with Gasteiger partial charge in [-0.25, -0.2) is 4.57 Å². The highest BCUT2D eigenvalue weighted by molar-refractivity contribution is 7.47. The molecule has 4 atom stereocenters. The molecule has 11 nitrogen and oxygen atoms in total. The van der Waals surface area contributed by atoms with Crippen LogP contribution in [0.15, 0.2) is 48.6 Å². The fourth-order valence-corrected chi connectivity index (χ4v) is 6.60. The first kappa shape index (κ1) is 54.9. The van der Waals surface area contributed by atoms with E-state index in [1.807, 2.05) is 12.2 Å². The molecular formula is C45H81O11P. The third-order valence-corrected chi connectivity index (χ3v) is 10.2. The van der Waals surface area contributed by atoms with Gasteiger partial charge in [-0.1, -0.05) is 166 Å². The molecule has 1 unspecified atom stereocenters. The molecule has 12 heteroatoms. The topological polar surface area (TPSA) is 169 Å². The number of esters is 2. The third-order valence-electron chi connectivity index (χ3n) is 9.27. The van der Waals surface area contributed by atoms with Crippen LogP contribution in [-0.2, 0) is 32.7 Å². The molecule has 0 aromatic heterocycles. The molecule has 0 spiro atoms. The predicted octanol–water partition coefficient (Wildman–Crippen LogP) is 10.6. The first-order chi connectivity index (χ1) is 27.5. The Hall–Kier alpha value is -2.11. The van der Waals surface area contributed by atoms with Crippen molar-refractivity contribution >= 4 is 19.8 Å². The van der Waals surface area contributed by atoms with Crippen LogP contribution >= 0.6 is 7.82 Å². The molecule has 0 aliphatic heterocycles. The van der Waals surface area contributed by atoms with Crippen molar-refractivity contribution in [2.75, 3.05) is 26.4 Å². The number of aliphatic hydroxyl groups is 3. The van der Waals surface area contributed by atoms with Crippen LogP contribution in [0.2, 0.25) is 0 Å². The number of aliphatic hydroxyl groups excluding tert-OH is 3. The Morgan fingerprint density at radius 3 is 1.81 bits per heavy atom. The Balaban J connectivity index is 4.47. The lowest BCUT2D eigenvalue weighted by atomic mass is 10.0. The van der Waals surface area contributed by atoms with Gasteiger partial charge in [0, 0.05) is 12.8 Å². The molecule has 0 radical (unpaired) electrons. The average Bonchev–Trinajstić information content (AvgIpc) is 3.18. The van der Waals surface area contributed by atoms with Crippen molar-refractivity contribution in [1.29, 1.82) is 0 Å². The Bertz CT molecular complexity index is 1120. The molecular weight excluding hydrogens is 747 g/mol. The molecule has 4 N–H and O–H groups in total. The summed E-state index contributed by atoms with van der Waals surface area (Å²) in [6, 6.07) is 0. The fraction of sp³-hybridized carbons (Fsp3) is 0.778. The van der Waals surface area contributed by atoms with Gasteiger partial charge in [0.2, 0.25) is 0 Å². The molecule has 0 aliphatic carbocycles. The van der Waals surface area contributed by atoms with E-state index in [9.17, 15) is 29.3 Å². The van der Waals surface area contributed by atoms with Crippen LogP contribution in [0.3, 0.4) is 0 Å². The number of phosphoric acid groups is 1. The second kappa shape index (κ2) is 39.4. The van der Waals surface area contributed by atoms with Crippen LogP contribution < -0.4 is 0 Å². The summed E-state index contributed by atoms with van der Waals surface area (Å²) >= 11 is 0. The van der Waals surface area contributed by atoms with E-state index in [0.29, 0.717) is 19.3 Å². The normalized spacial score (nSPS) is 14.9. The zero-order valence-electron chi connectivity index (χ0n) is 35.8. The van der Waals surface area contributed by atoms with Gasteiger partial charge in [0.05, 0.1) is 25.9 Å². The van der Waals surface area contributed by atoms with E-state index in [2.05, 4.69) is 49.6 Å². The van der Waals surface area contributed by atoms with Crippen LogP contribution in [0.1, 0.15) is 175 Å². The van der Waals surface area contributed by atoms with E-state index in [0.717, 1.165) is 44.4 Å². The van der Waals surface area contributed by atoms with Crippen molar-refractivity contribution in [3.05, 3.63) is 48.6 Å². The van der Waals surface area contributed by atoms with Gasteiger partial charge in [0.15, 0.2) is 6.10 Å². The minimum Gasteiger partial charge on any atom is -0.462 e. The first-order valence-electron chi connectivity index (χ1n) is 22.1. The van der Waals surface area contributed by atoms with Crippen molar-refractivity contribution in [2.24, 2.45) is 5.92 Å². The van der Waals surface area contributed by atoms with Gasteiger partial charge in [0.1, 0.15) is 12.7 Å². The summed E-state index contributed by atoms with van der Waals surface area (Å²) < 4.78 is 32.6. The van der Waals surface area contributed by atoms with Crippen molar-refractivity contribution < 1.29 is 52.9 Å². The predicted molar refractivity (Wildman–Crippen MR) is 230 cm³/mol. The van der Waals surface area contributed by atoms with Crippen LogP contribution in [0.4, 0.5) is 0 Å². The molecule has 0 bridgehead atoms. The van der Waals surface area contributed by atoms with Crippen molar-refractivity contribution in [2.45, 2.75) is 193 Å². The minimum atomic E-state index is -4.66. The summed E-state index contributed by atoms with van der Waals surface area (Å²) in [4.78, 5) is 35.0. The number of ether oxygens (including phenoxy) is 2. The number of unbranched alkanes of at least 4 members (excludes halogenated alkanes) is 15. The molecule has 0 rings (SSSR count). The highest BCUT2D eigenvalue weighted by Gasteiger charge is 2.27. The SMILES string of the molecule is CCCCC/C=C\C/C=C\C/C=C\C=C\[C@@H](O)CCCC(=O)OC[C@H](COP(=O)(O)OC[C@@H](O)CO)OC(=O)CCCCCCCCCCCCCCCC(C)C. The van der Waals surface area contributed by atoms with Gasteiger partial charge in [-0.05, 0) is 50.9 Å². The lowest BCUT2D eigenvalue weighted by Crippen LogP contribution is -2.30. The highest BCUT2D eigenvalue weighted by atomic mass is 31.2. The average molecular weight is 829 g/mol. The van der Waals surface area contributed by atoms with E-state index in [1.54, 1.807) is 12.2 Å². The minimum absolute atomic E-state index is 0.0132. The van der Waals surface area contributed by atoms with Crippen LogP contribution in [-0.4, -0.2) is 76.9 Å². The molecule has 0 heterocycles. The Morgan fingerprint density at radius 2 is 1.19 bits per heavy atom. The largest absolute Gasteiger partial charge is 0.472 e. The number of carbonyl (C=O) groups is 2. The number of hydrogen-bond donors (Lipinski definition) is 4. The molecule has 0 amide bonds. The summed E-state index contributed by atoms with van der Waals surface area (Å²) in [5.74, 6) is -0.320. The van der Waals surface area contributed by atoms with E-state index < -0.39 is 64.5 Å². The van der Waals surface area contributed by atoms with Crippen LogP contribution in [0.25, 0.3) is 0 Å². The van der Waals surface area contributed by atoms with Gasteiger partial charge in [-0.2, -0.15) is 0 Å². The molecule has 0 aromatic rings. The highest BCUT2D eigenvalue weighted by Crippen LogP contribution is 2.43. The maximum Gasteiger partial charge on any atom is 0.472 e. The van der Waals surface area contributed by atoms with Gasteiger partial charge >= 0.3 is 19.8 Å². The molecule has 0 aliphatic rings. The van der Waals surface area contributed by atoms with Gasteiger partial charge < -0.3 is 29.7 Å². The summed E-state index contributed by atoms with van der Waals surface area (Å²) in [5.41, 5.74) is 0. The lowest BCUT2D eigenvalue weighted by Gasteiger charge is -2.20. The lowest BCUT2D eigenvalue weighted by molar-refractivity contribution is -0.161. The fourth-order valence-electron chi connectivity index (χ4n) is 5.81. The second-order valence-corrected chi connectivity index (χ2v) is 16.9. The summed E-state index contributed by atoms with van der Waals surface area (Å²) in [5, 5.41) is 28.6. The van der Waals surface area contributed by atoms with Gasteiger partial charge in [0.25, 0.3) is 0 Å². The van der Waals surface area contributed by atoms with E-state index in [4.69, 9.17) is 19.1 Å². The Labute approximate surface area is 346 Å². The third kappa shape index (κ3) is 40.5. The number of hydrogen-bond acceptors (Lipinski definition) is 10. The van der Waals surface area contributed by atoms with Crippen LogP contribution in [0.5, 0.6) is 0 Å². The quantitative estimate of drug-likeness (QED) is 0.0152. The molecule has 0 saturated carbocycles. The Morgan fingerprint density at radius 1 is 0.632 bits per heavy atom. The molecule has 0 aromatic carbocycles. The smallest absolute Gasteiger partial charge is 0.462 e. The van der Waals surface area contributed by atoms with Gasteiger partial charge in [-0.3, -0.25) is 18.6 Å². The summed E-state index contributed by atoms with van der Waals surface area (Å²) in [6.45, 7) is 4.46. The molecule has 0 fully saturated rings. The zero-order chi connectivity index (χ0) is 42.2. The van der Waals surface area contributed by atoms with Crippen LogP contribution in [0, 0.1) is 5.92 Å². The molecule has 0 saturated heterocycles. The number of rotatable bonds is 40. The maximum absolute atomic E-state index is 12.6. The zero-order valence-corrected chi connectivity index (χ0v) is 36.7. The molecule has 332 valence electrons.